The highest BCUT2D eigenvalue weighted by molar-refractivity contribution is 6.31. The summed E-state index contributed by atoms with van der Waals surface area (Å²) in [6.07, 6.45) is 2.58. The fourth-order valence-electron chi connectivity index (χ4n) is 3.31. The van der Waals surface area contributed by atoms with E-state index in [1.807, 2.05) is 25.2 Å². The van der Waals surface area contributed by atoms with Crippen molar-refractivity contribution in [1.82, 2.24) is 15.1 Å². The van der Waals surface area contributed by atoms with Crippen LogP contribution in [0.15, 0.2) is 29.3 Å². The third-order valence-corrected chi connectivity index (χ3v) is 5.14. The first-order chi connectivity index (χ1) is 11.5. The van der Waals surface area contributed by atoms with Gasteiger partial charge in [-0.15, -0.1) is 0 Å². The van der Waals surface area contributed by atoms with Gasteiger partial charge in [0, 0.05) is 44.8 Å². The van der Waals surface area contributed by atoms with Crippen molar-refractivity contribution in [3.05, 3.63) is 34.9 Å². The molecule has 1 saturated heterocycles. The summed E-state index contributed by atoms with van der Waals surface area (Å²) in [6.45, 7) is 8.70. The summed E-state index contributed by atoms with van der Waals surface area (Å²) < 4.78 is 0. The average molecular weight is 351 g/mol. The van der Waals surface area contributed by atoms with Crippen LogP contribution in [0, 0.1) is 5.92 Å². The Labute approximate surface area is 151 Å². The highest BCUT2D eigenvalue weighted by Gasteiger charge is 2.22. The number of nitrogens with one attached hydrogen (secondary N) is 1. The quantitative estimate of drug-likeness (QED) is 0.651. The molecule has 0 amide bonds. The van der Waals surface area contributed by atoms with Gasteiger partial charge in [-0.05, 0) is 50.8 Å². The van der Waals surface area contributed by atoms with Gasteiger partial charge in [-0.1, -0.05) is 29.8 Å². The lowest BCUT2D eigenvalue weighted by Crippen LogP contribution is -2.46. The van der Waals surface area contributed by atoms with E-state index in [0.29, 0.717) is 12.0 Å². The summed E-state index contributed by atoms with van der Waals surface area (Å²) >= 11 is 6.27. The molecule has 0 spiro atoms. The summed E-state index contributed by atoms with van der Waals surface area (Å²) in [7, 11) is 3.90. The molecular formula is C19H31ClN4. The van der Waals surface area contributed by atoms with E-state index in [2.05, 4.69) is 47.1 Å². The van der Waals surface area contributed by atoms with E-state index in [9.17, 15) is 0 Å². The van der Waals surface area contributed by atoms with Crippen LogP contribution >= 0.6 is 11.6 Å². The average Bonchev–Trinajstić information content (AvgIpc) is 2.57. The van der Waals surface area contributed by atoms with Gasteiger partial charge >= 0.3 is 0 Å². The smallest absolute Gasteiger partial charge is 0.193 e. The van der Waals surface area contributed by atoms with Gasteiger partial charge in [-0.25, -0.2) is 0 Å². The summed E-state index contributed by atoms with van der Waals surface area (Å²) in [5, 5.41) is 4.35. The van der Waals surface area contributed by atoms with E-state index in [-0.39, 0.29) is 0 Å². The molecule has 1 heterocycles. The molecule has 1 aliphatic heterocycles. The third-order valence-electron chi connectivity index (χ3n) is 4.77. The Hall–Kier alpha value is -1.26. The fraction of sp³-hybridized carbons (Fsp3) is 0.632. The Morgan fingerprint density at radius 3 is 2.83 bits per heavy atom. The van der Waals surface area contributed by atoms with Gasteiger partial charge in [0.1, 0.15) is 0 Å². The summed E-state index contributed by atoms with van der Waals surface area (Å²) in [6, 6.07) is 8.61. The molecule has 24 heavy (non-hydrogen) atoms. The SMILES string of the molecule is CN=C(NCC1CCCN(C(C)C)C1)N(C)Cc1ccccc1Cl. The van der Waals surface area contributed by atoms with Crippen LogP contribution in [-0.2, 0) is 6.54 Å². The lowest BCUT2D eigenvalue weighted by atomic mass is 9.97. The number of hydrogen-bond donors (Lipinski definition) is 1. The molecule has 1 aliphatic rings. The topological polar surface area (TPSA) is 30.9 Å². The standard InChI is InChI=1S/C19H31ClN4/c1-15(2)24-11-7-8-16(13-24)12-22-19(21-3)23(4)14-17-9-5-6-10-18(17)20/h5-6,9-10,15-16H,7-8,11-14H2,1-4H3,(H,21,22). The van der Waals surface area contributed by atoms with E-state index < -0.39 is 0 Å². The maximum atomic E-state index is 6.27. The third kappa shape index (κ3) is 5.38. The van der Waals surface area contributed by atoms with Gasteiger partial charge in [-0.3, -0.25) is 4.99 Å². The number of guanidine groups is 1. The molecule has 0 aromatic heterocycles. The molecule has 1 aromatic rings. The predicted octanol–water partition coefficient (Wildman–Crippen LogP) is 3.47. The fourth-order valence-corrected chi connectivity index (χ4v) is 3.51. The number of benzene rings is 1. The zero-order valence-corrected chi connectivity index (χ0v) is 16.2. The molecule has 0 radical (unpaired) electrons. The number of rotatable bonds is 5. The zero-order chi connectivity index (χ0) is 17.5. The van der Waals surface area contributed by atoms with Crippen LogP contribution in [-0.4, -0.2) is 55.5 Å². The van der Waals surface area contributed by atoms with Gasteiger partial charge in [0.15, 0.2) is 5.96 Å². The van der Waals surface area contributed by atoms with Crippen molar-refractivity contribution in [3.8, 4) is 0 Å². The minimum atomic E-state index is 0.634. The number of halogens is 1. The van der Waals surface area contributed by atoms with Crippen molar-refractivity contribution in [2.24, 2.45) is 10.9 Å². The Bertz CT molecular complexity index is 544. The molecule has 134 valence electrons. The molecule has 0 aliphatic carbocycles. The zero-order valence-electron chi connectivity index (χ0n) is 15.4. The number of aliphatic imine (C=N–C) groups is 1. The molecule has 1 aromatic carbocycles. The van der Waals surface area contributed by atoms with E-state index in [1.54, 1.807) is 0 Å². The van der Waals surface area contributed by atoms with Crippen molar-refractivity contribution < 1.29 is 0 Å². The van der Waals surface area contributed by atoms with Crippen LogP contribution in [0.5, 0.6) is 0 Å². The van der Waals surface area contributed by atoms with E-state index in [1.165, 1.54) is 25.9 Å². The first-order valence-electron chi connectivity index (χ1n) is 8.90. The number of piperidine rings is 1. The molecule has 1 unspecified atom stereocenters. The van der Waals surface area contributed by atoms with Crippen molar-refractivity contribution in [2.45, 2.75) is 39.3 Å². The molecule has 0 bridgehead atoms. The van der Waals surface area contributed by atoms with E-state index >= 15 is 0 Å². The normalized spacial score (nSPS) is 19.6. The predicted molar refractivity (Wildman–Crippen MR) is 104 cm³/mol. The van der Waals surface area contributed by atoms with Gasteiger partial charge in [0.25, 0.3) is 0 Å². The lowest BCUT2D eigenvalue weighted by Gasteiger charge is -2.36. The van der Waals surface area contributed by atoms with Crippen LogP contribution < -0.4 is 5.32 Å². The monoisotopic (exact) mass is 350 g/mol. The van der Waals surface area contributed by atoms with Gasteiger partial charge < -0.3 is 15.1 Å². The second kappa shape index (κ2) is 9.28. The first-order valence-corrected chi connectivity index (χ1v) is 9.28. The molecule has 1 atom stereocenters. The minimum absolute atomic E-state index is 0.634. The molecule has 0 saturated carbocycles. The molecule has 1 N–H and O–H groups in total. The minimum Gasteiger partial charge on any atom is -0.356 e. The number of likely N-dealkylation sites (tertiary alicyclic amines) is 1. The largest absolute Gasteiger partial charge is 0.356 e. The van der Waals surface area contributed by atoms with E-state index in [0.717, 1.165) is 29.6 Å². The molecule has 4 nitrogen and oxygen atoms in total. The second-order valence-electron chi connectivity index (χ2n) is 6.97. The van der Waals surface area contributed by atoms with Crippen molar-refractivity contribution in [3.63, 3.8) is 0 Å². The van der Waals surface area contributed by atoms with Gasteiger partial charge in [0.05, 0.1) is 0 Å². The highest BCUT2D eigenvalue weighted by Crippen LogP contribution is 2.18. The Balaban J connectivity index is 1.86. The molecule has 5 heteroatoms. The van der Waals surface area contributed by atoms with Gasteiger partial charge in [-0.2, -0.15) is 0 Å². The molecule has 2 rings (SSSR count). The summed E-state index contributed by atoms with van der Waals surface area (Å²) in [5.74, 6) is 1.61. The second-order valence-corrected chi connectivity index (χ2v) is 7.38. The number of nitrogens with zero attached hydrogens (tertiary/aromatic N) is 3. The Kier molecular flexibility index (Phi) is 7.38. The van der Waals surface area contributed by atoms with Crippen LogP contribution in [0.2, 0.25) is 5.02 Å². The van der Waals surface area contributed by atoms with Crippen molar-refractivity contribution >= 4 is 17.6 Å². The Morgan fingerprint density at radius 2 is 2.17 bits per heavy atom. The Morgan fingerprint density at radius 1 is 1.42 bits per heavy atom. The van der Waals surface area contributed by atoms with Crippen LogP contribution in [0.25, 0.3) is 0 Å². The van der Waals surface area contributed by atoms with Crippen LogP contribution in [0.4, 0.5) is 0 Å². The highest BCUT2D eigenvalue weighted by atomic mass is 35.5. The first kappa shape index (κ1) is 19.1. The van der Waals surface area contributed by atoms with Crippen LogP contribution in [0.1, 0.15) is 32.3 Å². The van der Waals surface area contributed by atoms with Crippen molar-refractivity contribution in [2.75, 3.05) is 33.7 Å². The van der Waals surface area contributed by atoms with Crippen molar-refractivity contribution in [1.29, 1.82) is 0 Å². The lowest BCUT2D eigenvalue weighted by molar-refractivity contribution is 0.140. The maximum Gasteiger partial charge on any atom is 0.193 e. The molecular weight excluding hydrogens is 320 g/mol. The molecule has 1 fully saturated rings. The summed E-state index contributed by atoms with van der Waals surface area (Å²) in [5.41, 5.74) is 1.12. The van der Waals surface area contributed by atoms with Crippen LogP contribution in [0.3, 0.4) is 0 Å². The number of hydrogen-bond acceptors (Lipinski definition) is 2. The van der Waals surface area contributed by atoms with Gasteiger partial charge in [0.2, 0.25) is 0 Å². The van der Waals surface area contributed by atoms with E-state index in [4.69, 9.17) is 11.6 Å². The summed E-state index contributed by atoms with van der Waals surface area (Å²) in [4.78, 5) is 9.13. The maximum absolute atomic E-state index is 6.27.